The van der Waals surface area contributed by atoms with Crippen LogP contribution in [0.2, 0.25) is 0 Å². The topological polar surface area (TPSA) is 46.9 Å². The molecule has 0 unspecified atom stereocenters. The molecule has 0 aliphatic heterocycles. The van der Waals surface area contributed by atoms with Gasteiger partial charge in [-0.1, -0.05) is 36.4 Å². The van der Waals surface area contributed by atoms with Crippen LogP contribution in [0.1, 0.15) is 27.5 Å². The summed E-state index contributed by atoms with van der Waals surface area (Å²) in [5, 5.41) is 4.83. The van der Waals surface area contributed by atoms with Gasteiger partial charge in [-0.3, -0.25) is 4.79 Å². The zero-order valence-corrected chi connectivity index (χ0v) is 13.6. The molecule has 1 aromatic carbocycles. The van der Waals surface area contributed by atoms with Crippen LogP contribution < -0.4 is 5.32 Å². The molecule has 0 radical (unpaired) electrons. The summed E-state index contributed by atoms with van der Waals surface area (Å²) in [5.41, 5.74) is 1.35. The summed E-state index contributed by atoms with van der Waals surface area (Å²) in [4.78, 5) is 17.0. The van der Waals surface area contributed by atoms with Gasteiger partial charge in [0.25, 0.3) is 5.91 Å². The van der Waals surface area contributed by atoms with Gasteiger partial charge in [-0.2, -0.15) is 0 Å². The van der Waals surface area contributed by atoms with E-state index in [1.165, 1.54) is 16.9 Å². The minimum absolute atomic E-state index is 0.0427. The number of rotatable bonds is 7. The molecule has 4 nitrogen and oxygen atoms in total. The van der Waals surface area contributed by atoms with Gasteiger partial charge in [-0.25, -0.2) is 4.98 Å². The quantitative estimate of drug-likeness (QED) is 0.722. The molecule has 0 atom stereocenters. The van der Waals surface area contributed by atoms with Gasteiger partial charge >= 0.3 is 0 Å². The summed E-state index contributed by atoms with van der Waals surface area (Å²) in [7, 11) is 0. The number of carbonyl (C=O) groups excluding carboxylic acids is 1. The Balaban J connectivity index is 1.50. The summed E-state index contributed by atoms with van der Waals surface area (Å²) in [5.74, 6) is 0.849. The molecule has 3 rings (SSSR count). The second-order valence-electron chi connectivity index (χ2n) is 5.29. The maximum Gasteiger partial charge on any atom is 0.261 e. The van der Waals surface area contributed by atoms with Gasteiger partial charge in [-0.15, -0.1) is 11.3 Å². The predicted molar refractivity (Wildman–Crippen MR) is 92.5 cm³/mol. The highest BCUT2D eigenvalue weighted by atomic mass is 32.1. The first kappa shape index (κ1) is 15.5. The van der Waals surface area contributed by atoms with Crippen molar-refractivity contribution in [3.63, 3.8) is 0 Å². The van der Waals surface area contributed by atoms with Crippen molar-refractivity contribution in [2.75, 3.05) is 0 Å². The number of carbonyl (C=O) groups is 1. The predicted octanol–water partition coefficient (Wildman–Crippen LogP) is 3.51. The number of nitrogens with zero attached hydrogens (tertiary/aromatic N) is 2. The number of benzene rings is 1. The maximum absolute atomic E-state index is 12.0. The average molecular weight is 325 g/mol. The first-order chi connectivity index (χ1) is 11.3. The fraction of sp³-hybridized carbons (Fsp3) is 0.222. The Morgan fingerprint density at radius 3 is 2.83 bits per heavy atom. The molecule has 2 aromatic heterocycles. The van der Waals surface area contributed by atoms with Crippen LogP contribution in [0.4, 0.5) is 0 Å². The molecule has 5 heteroatoms. The molecule has 3 aromatic rings. The first-order valence-electron chi connectivity index (χ1n) is 7.68. The molecule has 0 saturated carbocycles. The number of aromatic nitrogens is 2. The monoisotopic (exact) mass is 325 g/mol. The summed E-state index contributed by atoms with van der Waals surface area (Å²) in [6.07, 6.45) is 5.85. The van der Waals surface area contributed by atoms with Gasteiger partial charge in [0.15, 0.2) is 0 Å². The van der Waals surface area contributed by atoms with Crippen molar-refractivity contribution in [1.82, 2.24) is 14.9 Å². The summed E-state index contributed by atoms with van der Waals surface area (Å²) < 4.78 is 2.11. The van der Waals surface area contributed by atoms with Gasteiger partial charge < -0.3 is 9.88 Å². The Morgan fingerprint density at radius 2 is 2.04 bits per heavy atom. The number of imidazole rings is 1. The van der Waals surface area contributed by atoms with Gasteiger partial charge in [0.1, 0.15) is 5.82 Å². The van der Waals surface area contributed by atoms with Crippen molar-refractivity contribution in [2.24, 2.45) is 0 Å². The molecule has 0 aliphatic rings. The number of amides is 1. The second kappa shape index (κ2) is 7.74. The number of hydrogen-bond donors (Lipinski definition) is 1. The van der Waals surface area contributed by atoms with E-state index in [4.69, 9.17) is 0 Å². The highest BCUT2D eigenvalue weighted by molar-refractivity contribution is 7.12. The van der Waals surface area contributed by atoms with Gasteiger partial charge in [0, 0.05) is 18.9 Å². The maximum atomic E-state index is 12.0. The summed E-state index contributed by atoms with van der Waals surface area (Å²) in [6, 6.07) is 14.2. The lowest BCUT2D eigenvalue weighted by atomic mass is 10.1. The summed E-state index contributed by atoms with van der Waals surface area (Å²) >= 11 is 1.44. The molecule has 1 amide bonds. The van der Waals surface area contributed by atoms with E-state index in [1.807, 2.05) is 29.8 Å². The zero-order chi connectivity index (χ0) is 15.9. The van der Waals surface area contributed by atoms with Crippen LogP contribution in [-0.2, 0) is 19.5 Å². The molecule has 0 saturated heterocycles. The van der Waals surface area contributed by atoms with Crippen LogP contribution in [0.3, 0.4) is 0 Å². The van der Waals surface area contributed by atoms with E-state index in [1.54, 1.807) is 6.20 Å². The fourth-order valence-corrected chi connectivity index (χ4v) is 3.10. The molecule has 0 bridgehead atoms. The van der Waals surface area contributed by atoms with E-state index >= 15 is 0 Å². The summed E-state index contributed by atoms with van der Waals surface area (Å²) in [6.45, 7) is 1.36. The van der Waals surface area contributed by atoms with Crippen LogP contribution >= 0.6 is 11.3 Å². The van der Waals surface area contributed by atoms with E-state index in [9.17, 15) is 4.79 Å². The normalized spacial score (nSPS) is 10.6. The van der Waals surface area contributed by atoms with Crippen molar-refractivity contribution >= 4 is 17.2 Å². The number of hydrogen-bond acceptors (Lipinski definition) is 3. The number of nitrogens with one attached hydrogen (secondary N) is 1. The largest absolute Gasteiger partial charge is 0.344 e. The van der Waals surface area contributed by atoms with Crippen molar-refractivity contribution in [2.45, 2.75) is 25.9 Å². The van der Waals surface area contributed by atoms with E-state index < -0.39 is 0 Å². The van der Waals surface area contributed by atoms with E-state index in [-0.39, 0.29) is 5.91 Å². The van der Waals surface area contributed by atoms with Gasteiger partial charge in [0.2, 0.25) is 0 Å². The second-order valence-corrected chi connectivity index (χ2v) is 6.23. The highest BCUT2D eigenvalue weighted by Crippen LogP contribution is 2.09. The Labute approximate surface area is 139 Å². The third-order valence-electron chi connectivity index (χ3n) is 3.66. The lowest BCUT2D eigenvalue weighted by molar-refractivity contribution is 0.0953. The Morgan fingerprint density at radius 1 is 1.17 bits per heavy atom. The molecule has 118 valence electrons. The van der Waals surface area contributed by atoms with Gasteiger partial charge in [0.05, 0.1) is 11.4 Å². The third kappa shape index (κ3) is 4.29. The first-order valence-corrected chi connectivity index (χ1v) is 8.56. The van der Waals surface area contributed by atoms with Crippen molar-refractivity contribution in [3.8, 4) is 0 Å². The number of thiophene rings is 1. The molecule has 0 aliphatic carbocycles. The van der Waals surface area contributed by atoms with Gasteiger partial charge in [-0.05, 0) is 29.9 Å². The standard InChI is InChI=1S/C18H19N3OS/c22-18(16-9-5-13-23-16)20-14-17-19-10-12-21(17)11-4-8-15-6-2-1-3-7-15/h1-3,5-7,9-10,12-13H,4,8,11,14H2,(H,20,22). The van der Waals surface area contributed by atoms with Crippen LogP contribution in [0.5, 0.6) is 0 Å². The lowest BCUT2D eigenvalue weighted by Gasteiger charge is -2.09. The molecular weight excluding hydrogens is 306 g/mol. The van der Waals surface area contributed by atoms with Crippen LogP contribution in [0.25, 0.3) is 0 Å². The average Bonchev–Trinajstić information content (AvgIpc) is 3.26. The van der Waals surface area contributed by atoms with Crippen LogP contribution in [-0.4, -0.2) is 15.5 Å². The van der Waals surface area contributed by atoms with E-state index in [0.717, 1.165) is 30.1 Å². The molecule has 2 heterocycles. The zero-order valence-electron chi connectivity index (χ0n) is 12.8. The smallest absolute Gasteiger partial charge is 0.261 e. The Hall–Kier alpha value is -2.40. The Bertz CT molecular complexity index is 735. The van der Waals surface area contributed by atoms with Crippen molar-refractivity contribution in [3.05, 3.63) is 76.5 Å². The van der Waals surface area contributed by atoms with E-state index in [0.29, 0.717) is 6.54 Å². The van der Waals surface area contributed by atoms with Crippen LogP contribution in [0, 0.1) is 0 Å². The third-order valence-corrected chi connectivity index (χ3v) is 4.53. The molecule has 23 heavy (non-hydrogen) atoms. The Kier molecular flexibility index (Phi) is 5.21. The van der Waals surface area contributed by atoms with Crippen molar-refractivity contribution < 1.29 is 4.79 Å². The molecular formula is C18H19N3OS. The lowest BCUT2D eigenvalue weighted by Crippen LogP contribution is -2.24. The molecule has 0 spiro atoms. The fourth-order valence-electron chi connectivity index (χ4n) is 2.46. The SMILES string of the molecule is O=C(NCc1nccn1CCCc1ccccc1)c1cccs1. The molecule has 1 N–H and O–H groups in total. The van der Waals surface area contributed by atoms with Crippen molar-refractivity contribution in [1.29, 1.82) is 0 Å². The minimum atomic E-state index is -0.0427. The minimum Gasteiger partial charge on any atom is -0.344 e. The van der Waals surface area contributed by atoms with Crippen LogP contribution in [0.15, 0.2) is 60.2 Å². The van der Waals surface area contributed by atoms with E-state index in [2.05, 4.69) is 39.1 Å². The highest BCUT2D eigenvalue weighted by Gasteiger charge is 2.08. The molecule has 0 fully saturated rings. The number of aryl methyl sites for hydroxylation is 2.